The fourth-order valence-electron chi connectivity index (χ4n) is 0.0773. The van der Waals surface area contributed by atoms with E-state index in [4.69, 9.17) is 5.53 Å². The van der Waals surface area contributed by atoms with Crippen LogP contribution in [0.15, 0.2) is 4.88 Å². The summed E-state index contributed by atoms with van der Waals surface area (Å²) < 4.78 is 10.1. The van der Waals surface area contributed by atoms with E-state index in [0.717, 1.165) is 11.4 Å². The van der Waals surface area contributed by atoms with Gasteiger partial charge in [0, 0.05) is 4.91 Å². The summed E-state index contributed by atoms with van der Waals surface area (Å²) in [6.07, 6.45) is 1.63. The molecule has 40 valence electrons. The zero-order valence-corrected chi connectivity index (χ0v) is 5.47. The van der Waals surface area contributed by atoms with Gasteiger partial charge in [0.25, 0.3) is 0 Å². The van der Waals surface area contributed by atoms with Gasteiger partial charge in [-0.3, -0.25) is 0 Å². The third kappa shape index (κ3) is 3.73. The van der Waals surface area contributed by atoms with Gasteiger partial charge in [0.1, 0.15) is 0 Å². The minimum absolute atomic E-state index is 1.08. The highest BCUT2D eigenvalue weighted by Gasteiger charge is 1.83. The first-order valence-electron chi connectivity index (χ1n) is 1.44. The molecule has 0 saturated carbocycles. The lowest BCUT2D eigenvalue weighted by Crippen LogP contribution is -1.33. The Labute approximate surface area is 45.5 Å². The highest BCUT2D eigenvalue weighted by Crippen LogP contribution is 2.35. The number of hydrogen-bond acceptors (Lipinski definition) is 2. The zero-order valence-electron chi connectivity index (χ0n) is 3.66. The quantitative estimate of drug-likeness (QED) is 0.253. The Balaban J connectivity index is 3.58. The molecule has 0 radical (unpaired) electrons. The highest BCUT2D eigenvalue weighted by molar-refractivity contribution is 8.50. The van der Waals surface area contributed by atoms with Crippen LogP contribution in [-0.2, 0) is 4.57 Å². The molecule has 0 saturated heterocycles. The summed E-state index contributed by atoms with van der Waals surface area (Å²) in [5, 5.41) is 0. The average Bonchev–Trinajstić information content (AvgIpc) is 1.68. The molecule has 1 unspecified atom stereocenters. The first kappa shape index (κ1) is 6.89. The molecule has 7 heavy (non-hydrogen) atoms. The molecule has 4 nitrogen and oxygen atoms in total. The van der Waals surface area contributed by atoms with Crippen molar-refractivity contribution < 1.29 is 4.57 Å². The largest absolute Gasteiger partial charge is 0.309 e. The van der Waals surface area contributed by atoms with Crippen LogP contribution in [0.3, 0.4) is 0 Å². The van der Waals surface area contributed by atoms with Gasteiger partial charge >= 0.3 is 0 Å². The van der Waals surface area contributed by atoms with E-state index < -0.39 is 7.15 Å². The van der Waals surface area contributed by atoms with Gasteiger partial charge in [-0.1, -0.05) is 11.4 Å². The van der Waals surface area contributed by atoms with Crippen LogP contribution in [0.2, 0.25) is 0 Å². The number of hydrogen-bond donors (Lipinski definition) is 0. The molecule has 0 aliphatic heterocycles. The summed E-state index contributed by atoms with van der Waals surface area (Å²) in [7, 11) is -2.00. The highest BCUT2D eigenvalue weighted by atomic mass is 32.7. The van der Waals surface area contributed by atoms with E-state index in [9.17, 15) is 4.57 Å². The standard InChI is InChI=1S/CH4N3OPS/c1-7-6(5)4-3-2/h6H,1H3. The predicted octanol–water partition coefficient (Wildman–Crippen LogP) is 2.05. The van der Waals surface area contributed by atoms with Crippen molar-refractivity contribution in [3.63, 3.8) is 0 Å². The van der Waals surface area contributed by atoms with E-state index in [1.807, 2.05) is 0 Å². The lowest BCUT2D eigenvalue weighted by molar-refractivity contribution is 0.597. The molecule has 0 aromatic carbocycles. The molecule has 0 aromatic heterocycles. The third-order valence-electron chi connectivity index (χ3n) is 0.301. The van der Waals surface area contributed by atoms with E-state index in [1.165, 1.54) is 0 Å². The summed E-state index contributed by atoms with van der Waals surface area (Å²) >= 11 is 1.08. The van der Waals surface area contributed by atoms with Gasteiger partial charge in [-0.2, -0.15) is 0 Å². The molecule has 0 aromatic rings. The molecular formula is CH4N3OPS. The van der Waals surface area contributed by atoms with E-state index in [2.05, 4.69) is 9.80 Å². The van der Waals surface area contributed by atoms with Crippen LogP contribution in [0.25, 0.3) is 10.4 Å². The Morgan fingerprint density at radius 3 is 2.71 bits per heavy atom. The molecule has 0 heterocycles. The van der Waals surface area contributed by atoms with Gasteiger partial charge in [-0.15, -0.1) is 0 Å². The summed E-state index contributed by atoms with van der Waals surface area (Å²) in [6, 6.07) is 0. The Morgan fingerprint density at radius 2 is 2.57 bits per heavy atom. The molecule has 1 atom stereocenters. The molecular weight excluding hydrogens is 133 g/mol. The lowest BCUT2D eigenvalue weighted by atomic mass is 12.0. The topological polar surface area (TPSA) is 65.8 Å². The Hall–Kier alpha value is -0.110. The van der Waals surface area contributed by atoms with E-state index >= 15 is 0 Å². The van der Waals surface area contributed by atoms with Gasteiger partial charge in [0.15, 0.2) is 0 Å². The second kappa shape index (κ2) is 4.06. The van der Waals surface area contributed by atoms with Crippen LogP contribution >= 0.6 is 18.5 Å². The van der Waals surface area contributed by atoms with Gasteiger partial charge in [-0.25, -0.2) is 0 Å². The number of nitrogens with zero attached hydrogens (tertiary/aromatic N) is 3. The number of rotatable bonds is 2. The van der Waals surface area contributed by atoms with Crippen molar-refractivity contribution in [2.75, 3.05) is 6.26 Å². The van der Waals surface area contributed by atoms with Gasteiger partial charge in [0.05, 0.1) is 0 Å². The second-order valence-electron chi connectivity index (χ2n) is 0.659. The van der Waals surface area contributed by atoms with E-state index in [0.29, 0.717) is 0 Å². The van der Waals surface area contributed by atoms with Crippen LogP contribution < -0.4 is 0 Å². The van der Waals surface area contributed by atoms with E-state index in [1.54, 1.807) is 6.26 Å². The molecule has 6 heteroatoms. The molecule has 0 spiro atoms. The Bertz CT molecular complexity index is 118. The van der Waals surface area contributed by atoms with Crippen LogP contribution in [0.5, 0.6) is 0 Å². The van der Waals surface area contributed by atoms with Gasteiger partial charge in [-0.05, 0) is 16.7 Å². The van der Waals surface area contributed by atoms with Gasteiger partial charge < -0.3 is 4.57 Å². The first-order valence-corrected chi connectivity index (χ1v) is 4.75. The average molecular weight is 137 g/mol. The maximum atomic E-state index is 10.1. The molecule has 0 rings (SSSR count). The van der Waals surface area contributed by atoms with Crippen molar-refractivity contribution in [3.8, 4) is 0 Å². The minimum Gasteiger partial charge on any atom is -0.309 e. The summed E-state index contributed by atoms with van der Waals surface area (Å²) in [4.78, 5) is 5.28. The molecule has 0 aliphatic rings. The molecule has 0 fully saturated rings. The fourth-order valence-corrected chi connectivity index (χ4v) is 0.587. The SMILES string of the molecule is CS[PH](=O)N=[N+]=[N-]. The summed E-state index contributed by atoms with van der Waals surface area (Å²) in [6.45, 7) is 0. The van der Waals surface area contributed by atoms with Crippen molar-refractivity contribution >= 4 is 18.5 Å². The Kier molecular flexibility index (Phi) is 4.00. The minimum atomic E-state index is -2.00. The summed E-state index contributed by atoms with van der Waals surface area (Å²) in [5.41, 5.74) is 7.64. The van der Waals surface area contributed by atoms with Crippen molar-refractivity contribution in [3.05, 3.63) is 10.4 Å². The molecule has 0 bridgehead atoms. The fraction of sp³-hybridized carbons (Fsp3) is 1.00. The normalized spacial score (nSPS) is 12.1. The predicted molar refractivity (Wildman–Crippen MR) is 31.7 cm³/mol. The zero-order chi connectivity index (χ0) is 5.70. The Morgan fingerprint density at radius 1 is 2.00 bits per heavy atom. The smallest absolute Gasteiger partial charge is 0.213 e. The van der Waals surface area contributed by atoms with Crippen molar-refractivity contribution in [1.82, 2.24) is 0 Å². The van der Waals surface area contributed by atoms with Crippen LogP contribution in [0, 0.1) is 0 Å². The van der Waals surface area contributed by atoms with Crippen molar-refractivity contribution in [1.29, 1.82) is 0 Å². The van der Waals surface area contributed by atoms with Crippen LogP contribution in [0.4, 0.5) is 0 Å². The monoisotopic (exact) mass is 137 g/mol. The van der Waals surface area contributed by atoms with Crippen molar-refractivity contribution in [2.45, 2.75) is 0 Å². The molecule has 0 aliphatic carbocycles. The lowest BCUT2D eigenvalue weighted by Gasteiger charge is -1.76. The molecule has 0 amide bonds. The first-order chi connectivity index (χ1) is 3.31. The third-order valence-corrected chi connectivity index (χ3v) is 2.20. The van der Waals surface area contributed by atoms with Crippen LogP contribution in [-0.4, -0.2) is 6.26 Å². The maximum Gasteiger partial charge on any atom is 0.213 e. The van der Waals surface area contributed by atoms with Gasteiger partial charge in [0.2, 0.25) is 7.15 Å². The number of azide groups is 1. The maximum absolute atomic E-state index is 10.1. The second-order valence-corrected chi connectivity index (χ2v) is 4.07. The van der Waals surface area contributed by atoms with E-state index in [-0.39, 0.29) is 0 Å². The molecule has 0 N–H and O–H groups in total. The summed E-state index contributed by atoms with van der Waals surface area (Å²) in [5.74, 6) is 0. The van der Waals surface area contributed by atoms with Crippen molar-refractivity contribution in [2.24, 2.45) is 4.88 Å². The van der Waals surface area contributed by atoms with Crippen LogP contribution in [0.1, 0.15) is 0 Å².